The fourth-order valence-electron chi connectivity index (χ4n) is 4.08. The third-order valence-electron chi connectivity index (χ3n) is 5.59. The van der Waals surface area contributed by atoms with E-state index in [9.17, 15) is 4.79 Å². The molecule has 0 bridgehead atoms. The zero-order chi connectivity index (χ0) is 21.5. The summed E-state index contributed by atoms with van der Waals surface area (Å²) in [6.07, 6.45) is 0. The van der Waals surface area contributed by atoms with Crippen LogP contribution in [0.5, 0.6) is 5.75 Å². The molecule has 0 aliphatic rings. The number of aryl methyl sites for hydroxylation is 2. The van der Waals surface area contributed by atoms with Crippen LogP contribution in [0.3, 0.4) is 0 Å². The predicted octanol–water partition coefficient (Wildman–Crippen LogP) is 4.88. The topological polar surface area (TPSA) is 70.2 Å². The molecule has 0 saturated carbocycles. The fraction of sp³-hybridized carbons (Fsp3) is 0.160. The highest BCUT2D eigenvalue weighted by Crippen LogP contribution is 2.37. The second kappa shape index (κ2) is 7.40. The molecule has 31 heavy (non-hydrogen) atoms. The Kier molecular flexibility index (Phi) is 4.55. The summed E-state index contributed by atoms with van der Waals surface area (Å²) in [7, 11) is 1.62. The molecule has 0 unspecified atom stereocenters. The van der Waals surface area contributed by atoms with Gasteiger partial charge in [-0.05, 0) is 43.5 Å². The molecule has 2 aromatic carbocycles. The zero-order valence-corrected chi connectivity index (χ0v) is 17.5. The van der Waals surface area contributed by atoms with Crippen molar-refractivity contribution in [1.29, 1.82) is 0 Å². The van der Waals surface area contributed by atoms with Crippen molar-refractivity contribution in [1.82, 2.24) is 14.7 Å². The van der Waals surface area contributed by atoms with Crippen molar-refractivity contribution in [2.24, 2.45) is 0 Å². The molecule has 0 spiro atoms. The molecule has 0 fully saturated rings. The van der Waals surface area contributed by atoms with Crippen molar-refractivity contribution in [2.75, 3.05) is 7.11 Å². The number of ether oxygens (including phenoxy) is 1. The normalized spacial score (nSPS) is 11.3. The molecule has 0 amide bonds. The van der Waals surface area contributed by atoms with E-state index in [0.29, 0.717) is 12.3 Å². The third kappa shape index (κ3) is 3.26. The Balaban J connectivity index is 1.67. The zero-order valence-electron chi connectivity index (χ0n) is 17.5. The second-order valence-corrected chi connectivity index (χ2v) is 7.56. The molecule has 0 atom stereocenters. The van der Waals surface area contributed by atoms with Crippen LogP contribution in [-0.4, -0.2) is 21.8 Å². The highest BCUT2D eigenvalue weighted by Gasteiger charge is 2.18. The van der Waals surface area contributed by atoms with Gasteiger partial charge in [0.05, 0.1) is 41.6 Å². The van der Waals surface area contributed by atoms with Crippen LogP contribution < -0.4 is 10.3 Å². The molecule has 0 aliphatic carbocycles. The first-order valence-corrected chi connectivity index (χ1v) is 10.0. The number of methoxy groups -OCH3 is 1. The van der Waals surface area contributed by atoms with Crippen molar-refractivity contribution in [3.05, 3.63) is 88.2 Å². The maximum atomic E-state index is 12.8. The van der Waals surface area contributed by atoms with E-state index in [0.717, 1.165) is 50.1 Å². The van der Waals surface area contributed by atoms with Gasteiger partial charge in [0.25, 0.3) is 5.56 Å². The molecule has 6 nitrogen and oxygen atoms in total. The Morgan fingerprint density at radius 2 is 1.81 bits per heavy atom. The molecule has 6 heteroatoms. The Bertz CT molecular complexity index is 1480. The van der Waals surface area contributed by atoms with Crippen LogP contribution in [0, 0.1) is 13.8 Å². The van der Waals surface area contributed by atoms with Crippen molar-refractivity contribution in [2.45, 2.75) is 20.4 Å². The number of hydrogen-bond donors (Lipinski definition) is 0. The van der Waals surface area contributed by atoms with Crippen molar-refractivity contribution < 1.29 is 9.26 Å². The standard InChI is InChI=1S/C25H21N3O3/c1-15-25(16(2)31-27-15)20-12-18-9-11-24(29)28(22(18)13-23(20)30-3)14-19-10-8-17-6-4-5-7-21(17)26-19/h4-13H,14H2,1-3H3. The van der Waals surface area contributed by atoms with Gasteiger partial charge in [-0.25, -0.2) is 0 Å². The van der Waals surface area contributed by atoms with Gasteiger partial charge in [-0.1, -0.05) is 29.4 Å². The second-order valence-electron chi connectivity index (χ2n) is 7.56. The molecular formula is C25H21N3O3. The van der Waals surface area contributed by atoms with Crippen LogP contribution in [0.4, 0.5) is 0 Å². The summed E-state index contributed by atoms with van der Waals surface area (Å²) in [6.45, 7) is 4.15. The van der Waals surface area contributed by atoms with E-state index in [1.807, 2.05) is 68.4 Å². The first-order chi connectivity index (χ1) is 15.0. The average molecular weight is 411 g/mol. The Hall–Kier alpha value is -3.93. The quantitative estimate of drug-likeness (QED) is 0.422. The lowest BCUT2D eigenvalue weighted by molar-refractivity contribution is 0.393. The molecule has 0 radical (unpaired) electrons. The van der Waals surface area contributed by atoms with Crippen LogP contribution in [0.2, 0.25) is 0 Å². The van der Waals surface area contributed by atoms with E-state index < -0.39 is 0 Å². The van der Waals surface area contributed by atoms with Crippen LogP contribution in [0.1, 0.15) is 17.1 Å². The predicted molar refractivity (Wildman–Crippen MR) is 121 cm³/mol. The van der Waals surface area contributed by atoms with Crippen molar-refractivity contribution in [3.63, 3.8) is 0 Å². The van der Waals surface area contributed by atoms with Crippen LogP contribution in [0.25, 0.3) is 32.9 Å². The minimum Gasteiger partial charge on any atom is -0.496 e. The first kappa shape index (κ1) is 19.1. The van der Waals surface area contributed by atoms with E-state index in [4.69, 9.17) is 14.2 Å². The van der Waals surface area contributed by atoms with Gasteiger partial charge < -0.3 is 13.8 Å². The van der Waals surface area contributed by atoms with Gasteiger partial charge >= 0.3 is 0 Å². The number of hydrogen-bond acceptors (Lipinski definition) is 5. The van der Waals surface area contributed by atoms with Crippen LogP contribution in [-0.2, 0) is 6.54 Å². The van der Waals surface area contributed by atoms with E-state index in [1.165, 1.54) is 0 Å². The monoisotopic (exact) mass is 411 g/mol. The maximum absolute atomic E-state index is 12.8. The fourth-order valence-corrected chi connectivity index (χ4v) is 4.08. The molecule has 5 aromatic rings. The molecule has 0 aliphatic heterocycles. The number of rotatable bonds is 4. The summed E-state index contributed by atoms with van der Waals surface area (Å²) in [5.41, 5.74) is 5.02. The molecule has 3 aromatic heterocycles. The van der Waals surface area contributed by atoms with Crippen LogP contribution >= 0.6 is 0 Å². The summed E-state index contributed by atoms with van der Waals surface area (Å²) in [4.78, 5) is 17.5. The lowest BCUT2D eigenvalue weighted by Gasteiger charge is -2.14. The van der Waals surface area contributed by atoms with Gasteiger partial charge in [-0.3, -0.25) is 9.78 Å². The van der Waals surface area contributed by atoms with Gasteiger partial charge in [0, 0.05) is 23.1 Å². The van der Waals surface area contributed by atoms with Crippen LogP contribution in [0.15, 0.2) is 70.0 Å². The minimum absolute atomic E-state index is 0.0883. The lowest BCUT2D eigenvalue weighted by Crippen LogP contribution is -2.20. The third-order valence-corrected chi connectivity index (χ3v) is 5.59. The smallest absolute Gasteiger partial charge is 0.251 e. The molecular weight excluding hydrogens is 390 g/mol. The maximum Gasteiger partial charge on any atom is 0.251 e. The number of para-hydroxylation sites is 1. The van der Waals surface area contributed by atoms with Crippen molar-refractivity contribution in [3.8, 4) is 16.9 Å². The van der Waals surface area contributed by atoms with E-state index in [2.05, 4.69) is 5.16 Å². The van der Waals surface area contributed by atoms with Crippen molar-refractivity contribution >= 4 is 21.8 Å². The van der Waals surface area contributed by atoms with Gasteiger partial charge in [-0.15, -0.1) is 0 Å². The SMILES string of the molecule is COc1cc2c(ccc(=O)n2Cc2ccc3ccccc3n2)cc1-c1c(C)noc1C. The highest BCUT2D eigenvalue weighted by molar-refractivity contribution is 5.89. The summed E-state index contributed by atoms with van der Waals surface area (Å²) >= 11 is 0. The number of aromatic nitrogens is 3. The number of fused-ring (bicyclic) bond motifs is 2. The Morgan fingerprint density at radius 3 is 2.58 bits per heavy atom. The summed E-state index contributed by atoms with van der Waals surface area (Å²) < 4.78 is 12.8. The molecule has 154 valence electrons. The number of benzene rings is 2. The molecule has 0 saturated heterocycles. The number of pyridine rings is 2. The van der Waals surface area contributed by atoms with E-state index >= 15 is 0 Å². The lowest BCUT2D eigenvalue weighted by atomic mass is 10.0. The van der Waals surface area contributed by atoms with Gasteiger partial charge in [0.15, 0.2) is 0 Å². The Labute approximate surface area is 178 Å². The summed E-state index contributed by atoms with van der Waals surface area (Å²) in [6, 6.07) is 19.3. The van der Waals surface area contributed by atoms with Gasteiger partial charge in [-0.2, -0.15) is 0 Å². The van der Waals surface area contributed by atoms with Gasteiger partial charge in [0.2, 0.25) is 0 Å². The summed E-state index contributed by atoms with van der Waals surface area (Å²) in [5.74, 6) is 1.39. The molecule has 0 N–H and O–H groups in total. The Morgan fingerprint density at radius 1 is 1.00 bits per heavy atom. The average Bonchev–Trinajstić information content (AvgIpc) is 3.12. The molecule has 5 rings (SSSR count). The van der Waals surface area contributed by atoms with E-state index in [-0.39, 0.29) is 5.56 Å². The first-order valence-electron chi connectivity index (χ1n) is 10.0. The van der Waals surface area contributed by atoms with Gasteiger partial charge in [0.1, 0.15) is 11.5 Å². The number of nitrogens with zero attached hydrogens (tertiary/aromatic N) is 3. The molecule has 3 heterocycles. The highest BCUT2D eigenvalue weighted by atomic mass is 16.5. The minimum atomic E-state index is -0.0883. The summed E-state index contributed by atoms with van der Waals surface area (Å²) in [5, 5.41) is 6.06. The largest absolute Gasteiger partial charge is 0.496 e. The van der Waals surface area contributed by atoms with E-state index in [1.54, 1.807) is 17.7 Å².